The van der Waals surface area contributed by atoms with Gasteiger partial charge in [-0.3, -0.25) is 4.79 Å². The van der Waals surface area contributed by atoms with Crippen LogP contribution in [-0.2, 0) is 4.79 Å². The molecule has 1 aliphatic rings. The predicted molar refractivity (Wildman–Crippen MR) is 72.0 cm³/mol. The van der Waals surface area contributed by atoms with Gasteiger partial charge in [-0.15, -0.1) is 13.2 Å². The highest BCUT2D eigenvalue weighted by Gasteiger charge is 2.35. The van der Waals surface area contributed by atoms with Crippen molar-refractivity contribution in [1.82, 2.24) is 5.32 Å². The molecule has 0 unspecified atom stereocenters. The Bertz CT molecular complexity index is 511. The number of nitrogens with one attached hydrogen (secondary N) is 2. The third-order valence-corrected chi connectivity index (χ3v) is 3.58. The number of anilines is 1. The van der Waals surface area contributed by atoms with E-state index >= 15 is 0 Å². The van der Waals surface area contributed by atoms with Crippen LogP contribution in [0, 0.1) is 5.41 Å². The zero-order chi connectivity index (χ0) is 15.5. The van der Waals surface area contributed by atoms with E-state index in [2.05, 4.69) is 15.4 Å². The number of amides is 1. The molecule has 1 amide bonds. The van der Waals surface area contributed by atoms with Gasteiger partial charge in [0.15, 0.2) is 0 Å². The molecule has 4 nitrogen and oxygen atoms in total. The number of carbonyl (C=O) groups is 1. The Morgan fingerprint density at radius 2 is 2.00 bits per heavy atom. The Kier molecular flexibility index (Phi) is 4.41. The van der Waals surface area contributed by atoms with Crippen LogP contribution in [0.2, 0.25) is 0 Å². The number of rotatable bonds is 3. The molecular formula is C14H17F3N2O2. The van der Waals surface area contributed by atoms with Crippen LogP contribution in [0.1, 0.15) is 19.8 Å². The Morgan fingerprint density at radius 3 is 2.62 bits per heavy atom. The Morgan fingerprint density at radius 1 is 1.33 bits per heavy atom. The van der Waals surface area contributed by atoms with E-state index in [4.69, 9.17) is 0 Å². The first-order valence-corrected chi connectivity index (χ1v) is 6.66. The van der Waals surface area contributed by atoms with Gasteiger partial charge in [0.05, 0.1) is 0 Å². The van der Waals surface area contributed by atoms with Crippen LogP contribution in [0.5, 0.6) is 5.75 Å². The molecule has 0 spiro atoms. The van der Waals surface area contributed by atoms with Crippen LogP contribution in [0.3, 0.4) is 0 Å². The smallest absolute Gasteiger partial charge is 0.406 e. The van der Waals surface area contributed by atoms with Crippen molar-refractivity contribution in [3.63, 3.8) is 0 Å². The van der Waals surface area contributed by atoms with E-state index in [1.807, 2.05) is 6.92 Å². The van der Waals surface area contributed by atoms with Gasteiger partial charge in [0.2, 0.25) is 5.91 Å². The molecule has 0 aliphatic carbocycles. The standard InChI is InChI=1S/C14H17F3N2O2/c1-13(5-7-18-8-6-13)12(20)19-10-3-2-4-11(9-10)21-14(15,16)17/h2-4,9,18H,5-8H2,1H3,(H,19,20). The molecule has 1 aromatic carbocycles. The third kappa shape index (κ3) is 4.35. The maximum absolute atomic E-state index is 12.3. The number of carbonyl (C=O) groups excluding carboxylic acids is 1. The topological polar surface area (TPSA) is 50.4 Å². The second-order valence-corrected chi connectivity index (χ2v) is 5.34. The first-order chi connectivity index (χ1) is 9.78. The lowest BCUT2D eigenvalue weighted by atomic mass is 9.80. The number of hydrogen-bond donors (Lipinski definition) is 2. The second-order valence-electron chi connectivity index (χ2n) is 5.34. The average molecular weight is 302 g/mol. The molecule has 116 valence electrons. The summed E-state index contributed by atoms with van der Waals surface area (Å²) in [6.45, 7) is 3.36. The Hall–Kier alpha value is -1.76. The predicted octanol–water partition coefficient (Wildman–Crippen LogP) is 2.91. The van der Waals surface area contributed by atoms with Crippen molar-refractivity contribution < 1.29 is 22.7 Å². The summed E-state index contributed by atoms with van der Waals surface area (Å²) in [5, 5.41) is 5.83. The summed E-state index contributed by atoms with van der Waals surface area (Å²) in [5.74, 6) is -0.538. The molecule has 1 aliphatic heterocycles. The number of benzene rings is 1. The van der Waals surface area contributed by atoms with Crippen LogP contribution >= 0.6 is 0 Å². The average Bonchev–Trinajstić information content (AvgIpc) is 2.38. The highest BCUT2D eigenvalue weighted by molar-refractivity contribution is 5.95. The summed E-state index contributed by atoms with van der Waals surface area (Å²) in [4.78, 5) is 12.3. The van der Waals surface area contributed by atoms with E-state index in [9.17, 15) is 18.0 Å². The monoisotopic (exact) mass is 302 g/mol. The molecule has 7 heteroatoms. The van der Waals surface area contributed by atoms with E-state index in [0.717, 1.165) is 19.2 Å². The summed E-state index contributed by atoms with van der Waals surface area (Å²) in [6.07, 6.45) is -3.36. The largest absolute Gasteiger partial charge is 0.573 e. The molecule has 0 atom stereocenters. The fourth-order valence-corrected chi connectivity index (χ4v) is 2.26. The van der Waals surface area contributed by atoms with Gasteiger partial charge in [-0.1, -0.05) is 13.0 Å². The fraction of sp³-hybridized carbons (Fsp3) is 0.500. The van der Waals surface area contributed by atoms with E-state index < -0.39 is 11.8 Å². The molecule has 1 fully saturated rings. The molecule has 1 saturated heterocycles. The zero-order valence-corrected chi connectivity index (χ0v) is 11.6. The van der Waals surface area contributed by atoms with Crippen molar-refractivity contribution in [1.29, 1.82) is 0 Å². The number of halogens is 3. The number of alkyl halides is 3. The van der Waals surface area contributed by atoms with E-state index in [0.29, 0.717) is 18.5 Å². The minimum Gasteiger partial charge on any atom is -0.406 e. The van der Waals surface area contributed by atoms with Crippen LogP contribution in [0.25, 0.3) is 0 Å². The third-order valence-electron chi connectivity index (χ3n) is 3.58. The highest BCUT2D eigenvalue weighted by Crippen LogP contribution is 2.30. The maximum atomic E-state index is 12.3. The van der Waals surface area contributed by atoms with Gasteiger partial charge in [-0.25, -0.2) is 0 Å². The van der Waals surface area contributed by atoms with Crippen LogP contribution in [0.15, 0.2) is 24.3 Å². The van der Waals surface area contributed by atoms with Crippen molar-refractivity contribution in [2.24, 2.45) is 5.41 Å². The van der Waals surface area contributed by atoms with Gasteiger partial charge in [-0.2, -0.15) is 0 Å². The Balaban J connectivity index is 2.05. The molecular weight excluding hydrogens is 285 g/mol. The number of piperidine rings is 1. The van der Waals surface area contributed by atoms with Crippen molar-refractivity contribution in [2.75, 3.05) is 18.4 Å². The summed E-state index contributed by atoms with van der Waals surface area (Å²) < 4.78 is 40.3. The molecule has 0 aromatic heterocycles. The maximum Gasteiger partial charge on any atom is 0.573 e. The molecule has 0 saturated carbocycles. The van der Waals surface area contributed by atoms with Crippen molar-refractivity contribution in [2.45, 2.75) is 26.1 Å². The van der Waals surface area contributed by atoms with Gasteiger partial charge in [0.25, 0.3) is 0 Å². The van der Waals surface area contributed by atoms with Gasteiger partial charge >= 0.3 is 6.36 Å². The van der Waals surface area contributed by atoms with Gasteiger partial charge in [0, 0.05) is 17.2 Å². The van der Waals surface area contributed by atoms with Gasteiger partial charge in [0.1, 0.15) is 5.75 Å². The number of hydrogen-bond acceptors (Lipinski definition) is 3. The van der Waals surface area contributed by atoms with E-state index in [1.54, 1.807) is 0 Å². The summed E-state index contributed by atoms with van der Waals surface area (Å²) in [6, 6.07) is 5.29. The quantitative estimate of drug-likeness (QED) is 0.902. The van der Waals surface area contributed by atoms with Crippen LogP contribution in [-0.4, -0.2) is 25.4 Å². The summed E-state index contributed by atoms with van der Waals surface area (Å²) in [5.41, 5.74) is -0.215. The molecule has 0 radical (unpaired) electrons. The van der Waals surface area contributed by atoms with Crippen molar-refractivity contribution >= 4 is 11.6 Å². The van der Waals surface area contributed by atoms with Crippen molar-refractivity contribution in [3.05, 3.63) is 24.3 Å². The first kappa shape index (κ1) is 15.6. The van der Waals surface area contributed by atoms with E-state index in [-0.39, 0.29) is 11.7 Å². The normalized spacial score (nSPS) is 18.1. The lowest BCUT2D eigenvalue weighted by Crippen LogP contribution is -2.42. The minimum absolute atomic E-state index is 0.187. The van der Waals surface area contributed by atoms with Gasteiger partial charge < -0.3 is 15.4 Å². The Labute approximate surface area is 120 Å². The summed E-state index contributed by atoms with van der Waals surface area (Å²) >= 11 is 0. The first-order valence-electron chi connectivity index (χ1n) is 6.66. The molecule has 0 bridgehead atoms. The molecule has 1 aromatic rings. The lowest BCUT2D eigenvalue weighted by Gasteiger charge is -2.32. The second kappa shape index (κ2) is 5.93. The summed E-state index contributed by atoms with van der Waals surface area (Å²) in [7, 11) is 0. The lowest BCUT2D eigenvalue weighted by molar-refractivity contribution is -0.274. The highest BCUT2D eigenvalue weighted by atomic mass is 19.4. The zero-order valence-electron chi connectivity index (χ0n) is 11.6. The van der Waals surface area contributed by atoms with E-state index in [1.165, 1.54) is 18.2 Å². The molecule has 21 heavy (non-hydrogen) atoms. The van der Waals surface area contributed by atoms with Crippen LogP contribution in [0.4, 0.5) is 18.9 Å². The minimum atomic E-state index is -4.75. The van der Waals surface area contributed by atoms with Gasteiger partial charge in [-0.05, 0) is 38.1 Å². The molecule has 1 heterocycles. The number of ether oxygens (including phenoxy) is 1. The molecule has 2 rings (SSSR count). The SMILES string of the molecule is CC1(C(=O)Nc2cccc(OC(F)(F)F)c2)CCNCC1. The van der Waals surface area contributed by atoms with Crippen LogP contribution < -0.4 is 15.4 Å². The fourth-order valence-electron chi connectivity index (χ4n) is 2.26. The molecule has 2 N–H and O–H groups in total. The van der Waals surface area contributed by atoms with Crippen molar-refractivity contribution in [3.8, 4) is 5.75 Å².